The van der Waals surface area contributed by atoms with Crippen LogP contribution in [0.2, 0.25) is 5.02 Å². The second kappa shape index (κ2) is 16.5. The third kappa shape index (κ3) is 9.11. The van der Waals surface area contributed by atoms with Gasteiger partial charge in [-0.2, -0.15) is 4.39 Å². The lowest BCUT2D eigenvalue weighted by Gasteiger charge is -2.45. The van der Waals surface area contributed by atoms with Crippen molar-refractivity contribution in [3.63, 3.8) is 0 Å². The van der Waals surface area contributed by atoms with Crippen molar-refractivity contribution in [3.05, 3.63) is 107 Å². The van der Waals surface area contributed by atoms with Gasteiger partial charge in [0.2, 0.25) is 5.95 Å². The number of likely N-dealkylation sites (N-methyl/N-ethyl adjacent to an activating group) is 1. The molecule has 10 heteroatoms. The van der Waals surface area contributed by atoms with Gasteiger partial charge in [-0.25, -0.2) is 9.19 Å². The minimum absolute atomic E-state index is 0.0808. The average Bonchev–Trinajstić information content (AvgIpc) is 3.06. The number of hydrogen-bond donors (Lipinski definition) is 2. The number of fused-ring (bicyclic) bond motifs is 13. The predicted octanol–water partition coefficient (Wildman–Crippen LogP) is 6.91. The molecule has 2 aromatic carbocycles. The van der Waals surface area contributed by atoms with Gasteiger partial charge in [0.25, 0.3) is 5.91 Å². The van der Waals surface area contributed by atoms with Crippen LogP contribution in [0.5, 0.6) is 5.75 Å². The molecule has 1 fully saturated rings. The number of aliphatic hydroxyl groups is 1. The number of amides is 1. The Morgan fingerprint density at radius 1 is 1.12 bits per heavy atom. The van der Waals surface area contributed by atoms with Gasteiger partial charge in [0.15, 0.2) is 0 Å². The molecule has 48 heavy (non-hydrogen) atoms. The van der Waals surface area contributed by atoms with Crippen LogP contribution in [-0.4, -0.2) is 63.2 Å². The highest BCUT2D eigenvalue weighted by Crippen LogP contribution is 2.42. The van der Waals surface area contributed by atoms with E-state index in [2.05, 4.69) is 33.8 Å². The molecule has 0 radical (unpaired) electrons. The first-order chi connectivity index (χ1) is 23.0. The number of aliphatic hydroxyl groups excluding tert-OH is 1. The Hall–Kier alpha value is -3.11. The van der Waals surface area contributed by atoms with Gasteiger partial charge in [-0.05, 0) is 130 Å². The Balaban J connectivity index is 0.000000572. The van der Waals surface area contributed by atoms with Crippen LogP contribution in [0, 0.1) is 23.7 Å². The number of halogens is 2. The number of aryl methyl sites for hydroxylation is 1. The molecule has 2 aliphatic heterocycles. The molecule has 6 unspecified atom stereocenters. The van der Waals surface area contributed by atoms with Crippen molar-refractivity contribution in [2.45, 2.75) is 69.1 Å². The molecule has 2 N–H and O–H groups in total. The van der Waals surface area contributed by atoms with Gasteiger partial charge in [-0.1, -0.05) is 42.8 Å². The molecule has 3 aromatic rings. The van der Waals surface area contributed by atoms with E-state index in [1.54, 1.807) is 24.3 Å². The number of nitrogens with zero attached hydrogens (tertiary/aromatic N) is 2. The second-order valence-electron chi connectivity index (χ2n) is 13.7. The molecular formula is C38H47ClFN3O4S. The quantitative estimate of drug-likeness (QED) is 0.196. The zero-order chi connectivity index (χ0) is 34.3. The smallest absolute Gasteiger partial charge is 0.262 e. The minimum Gasteiger partial charge on any atom is -0.493 e. The number of rotatable bonds is 0. The first-order valence-electron chi connectivity index (χ1n) is 16.9. The molecule has 7 rings (SSSR count). The van der Waals surface area contributed by atoms with Gasteiger partial charge < -0.3 is 14.7 Å². The summed E-state index contributed by atoms with van der Waals surface area (Å²) in [6.07, 6.45) is 10.8. The van der Waals surface area contributed by atoms with Crippen molar-refractivity contribution in [2.24, 2.45) is 17.8 Å². The van der Waals surface area contributed by atoms with Gasteiger partial charge in [0, 0.05) is 35.3 Å². The summed E-state index contributed by atoms with van der Waals surface area (Å²) in [5.41, 5.74) is 2.83. The van der Waals surface area contributed by atoms with Crippen LogP contribution in [0.3, 0.4) is 0 Å². The Kier molecular flexibility index (Phi) is 12.5. The van der Waals surface area contributed by atoms with E-state index < -0.39 is 23.0 Å². The topological polar surface area (TPSA) is 91.8 Å². The van der Waals surface area contributed by atoms with Crippen molar-refractivity contribution < 1.29 is 23.2 Å². The highest BCUT2D eigenvalue weighted by Gasteiger charge is 2.41. The fraction of sp³-hybridized carbons (Fsp3) is 0.474. The van der Waals surface area contributed by atoms with E-state index in [-0.39, 0.29) is 28.4 Å². The molecule has 1 spiro atoms. The monoisotopic (exact) mass is 695 g/mol. The van der Waals surface area contributed by atoms with Gasteiger partial charge >= 0.3 is 0 Å². The van der Waals surface area contributed by atoms with E-state index >= 15 is 0 Å². The van der Waals surface area contributed by atoms with Crippen LogP contribution in [-0.2, 0) is 22.8 Å². The zero-order valence-electron chi connectivity index (χ0n) is 28.0. The highest BCUT2D eigenvalue weighted by atomic mass is 35.5. The number of allylic oxidation sites excluding steroid dienone is 1. The van der Waals surface area contributed by atoms with E-state index in [1.807, 2.05) is 44.2 Å². The fourth-order valence-corrected chi connectivity index (χ4v) is 8.35. The number of aromatic nitrogens is 1. The third-order valence-corrected chi connectivity index (χ3v) is 12.0. The van der Waals surface area contributed by atoms with E-state index in [4.69, 9.17) is 16.3 Å². The maximum atomic E-state index is 12.9. The van der Waals surface area contributed by atoms with Crippen LogP contribution in [0.15, 0.2) is 79.0 Å². The number of benzene rings is 2. The molecule has 7 nitrogen and oxygen atoms in total. The van der Waals surface area contributed by atoms with Gasteiger partial charge in [0.05, 0.1) is 18.0 Å². The van der Waals surface area contributed by atoms with E-state index in [0.717, 1.165) is 50.2 Å². The lowest BCUT2D eigenvalue weighted by Crippen LogP contribution is -2.49. The van der Waals surface area contributed by atoms with Crippen LogP contribution in [0.4, 0.5) is 4.39 Å². The lowest BCUT2D eigenvalue weighted by atomic mass is 9.68. The fourth-order valence-electron chi connectivity index (χ4n) is 7.14. The van der Waals surface area contributed by atoms with E-state index in [9.17, 15) is 18.5 Å². The Morgan fingerprint density at radius 3 is 2.58 bits per heavy atom. The number of nitrogens with one attached hydrogen (secondary N) is 1. The molecule has 1 aromatic heterocycles. The van der Waals surface area contributed by atoms with Crippen LogP contribution in [0.25, 0.3) is 0 Å². The van der Waals surface area contributed by atoms with Gasteiger partial charge in [0.1, 0.15) is 16.7 Å². The van der Waals surface area contributed by atoms with Crippen LogP contribution >= 0.6 is 11.6 Å². The summed E-state index contributed by atoms with van der Waals surface area (Å²) in [6.45, 7) is 6.20. The summed E-state index contributed by atoms with van der Waals surface area (Å²) in [7, 11) is 0.666. The maximum Gasteiger partial charge on any atom is 0.262 e. The van der Waals surface area contributed by atoms with E-state index in [0.29, 0.717) is 30.3 Å². The molecule has 2 aliphatic carbocycles. The van der Waals surface area contributed by atoms with E-state index in [1.165, 1.54) is 23.4 Å². The van der Waals surface area contributed by atoms with Crippen molar-refractivity contribution in [1.82, 2.24) is 14.6 Å². The number of hydrogen-bond acceptors (Lipinski definition) is 6. The van der Waals surface area contributed by atoms with Gasteiger partial charge in [-0.3, -0.25) is 9.52 Å². The summed E-state index contributed by atoms with van der Waals surface area (Å²) in [4.78, 5) is 18.6. The normalized spacial score (nSPS) is 30.6. The lowest BCUT2D eigenvalue weighted by molar-refractivity contribution is 0.0197. The SMILES string of the molecule is CC1C/C=C/C(O)C2CCC2CN(C)C[C@@]2(CCCc3cc(Cl)ccc32)COc2ccc(cc2)C(=O)NS(=O)C1C.Fc1ccccn1. The van der Waals surface area contributed by atoms with Crippen LogP contribution < -0.4 is 9.46 Å². The molecular weight excluding hydrogens is 649 g/mol. The van der Waals surface area contributed by atoms with Crippen LogP contribution in [0.1, 0.15) is 67.4 Å². The summed E-state index contributed by atoms with van der Waals surface area (Å²) in [5.74, 6) is 0.670. The molecule has 3 heterocycles. The molecule has 1 amide bonds. The summed E-state index contributed by atoms with van der Waals surface area (Å²) in [5, 5.41) is 11.5. The molecule has 4 aliphatic rings. The van der Waals surface area contributed by atoms with Crippen molar-refractivity contribution >= 4 is 28.5 Å². The number of ether oxygens (including phenoxy) is 1. The molecule has 0 saturated heterocycles. The largest absolute Gasteiger partial charge is 0.493 e. The Morgan fingerprint density at radius 2 is 1.92 bits per heavy atom. The molecule has 258 valence electrons. The third-order valence-electron chi connectivity index (χ3n) is 10.2. The van der Waals surface area contributed by atoms with Crippen molar-refractivity contribution in [2.75, 3.05) is 26.7 Å². The molecule has 7 atom stereocenters. The average molecular weight is 696 g/mol. The molecule has 2 bridgehead atoms. The van der Waals surface area contributed by atoms with Gasteiger partial charge in [-0.15, -0.1) is 0 Å². The number of pyridine rings is 1. The first-order valence-corrected chi connectivity index (χ1v) is 18.5. The summed E-state index contributed by atoms with van der Waals surface area (Å²) in [6, 6.07) is 17.9. The first kappa shape index (κ1) is 36.2. The zero-order valence-corrected chi connectivity index (χ0v) is 29.6. The number of carbonyl (C=O) groups is 1. The Bertz CT molecular complexity index is 1580. The highest BCUT2D eigenvalue weighted by molar-refractivity contribution is 7.84. The second-order valence-corrected chi connectivity index (χ2v) is 15.6. The standard InChI is InChI=1S/C33H43ClN2O4S.C5H4FN/c1-22-6-4-8-31(37)29-15-11-26(29)19-36(3)20-33(17-5-7-25-18-27(34)12-16-30(25)33)21-40-28-13-9-24(10-14-28)32(38)35-41(39)23(22)2;6-5-3-1-2-4-7-5/h4,8-10,12-14,16,18,22-23,26,29,31,37H,5-7,11,15,17,19-21H2,1-3H3,(H,35,38);1-4H/b8-4+;/t22?,23?,26?,29?,31?,33-,41?;/m0./s1. The minimum atomic E-state index is -1.52. The summed E-state index contributed by atoms with van der Waals surface area (Å²) >= 11 is 6.39. The molecule has 1 saturated carbocycles. The maximum absolute atomic E-state index is 12.9. The van der Waals surface area contributed by atoms with Crippen molar-refractivity contribution in [1.29, 1.82) is 0 Å². The number of carbonyl (C=O) groups excluding carboxylic acids is 1. The predicted molar refractivity (Wildman–Crippen MR) is 190 cm³/mol. The van der Waals surface area contributed by atoms with Crippen molar-refractivity contribution in [3.8, 4) is 5.75 Å². The Labute approximate surface area is 291 Å². The summed E-state index contributed by atoms with van der Waals surface area (Å²) < 4.78 is 33.8.